The maximum atomic E-state index is 10.8. The standard InChI is InChI=1S/C7H15NO3Si/c1-2-11-7(10)4-3-5-8(12)6-9/h6H,2-5H2,1,12H3. The molecule has 5 heteroatoms. The van der Waals surface area contributed by atoms with Crippen LogP contribution < -0.4 is 0 Å². The number of amides is 1. The fourth-order valence-electron chi connectivity index (χ4n) is 0.759. The Labute approximate surface area is 75.4 Å². The van der Waals surface area contributed by atoms with E-state index in [1.165, 1.54) is 0 Å². The van der Waals surface area contributed by atoms with Gasteiger partial charge in [-0.1, -0.05) is 0 Å². The summed E-state index contributed by atoms with van der Waals surface area (Å²) in [6.07, 6.45) is 1.90. The van der Waals surface area contributed by atoms with Crippen LogP contribution in [0.3, 0.4) is 0 Å². The fraction of sp³-hybridized carbons (Fsp3) is 0.714. The first-order chi connectivity index (χ1) is 5.70. The minimum Gasteiger partial charge on any atom is -0.466 e. The Kier molecular flexibility index (Phi) is 6.36. The summed E-state index contributed by atoms with van der Waals surface area (Å²) in [5.41, 5.74) is 0. The first-order valence-corrected chi connectivity index (χ1v) is 4.91. The maximum Gasteiger partial charge on any atom is 0.305 e. The van der Waals surface area contributed by atoms with Crippen molar-refractivity contribution in [2.45, 2.75) is 19.8 Å². The number of rotatable bonds is 6. The van der Waals surface area contributed by atoms with E-state index < -0.39 is 0 Å². The lowest BCUT2D eigenvalue weighted by Gasteiger charge is -2.09. The molecule has 0 radical (unpaired) electrons. The van der Waals surface area contributed by atoms with E-state index >= 15 is 0 Å². The van der Waals surface area contributed by atoms with Gasteiger partial charge in [-0.3, -0.25) is 9.59 Å². The monoisotopic (exact) mass is 189 g/mol. The van der Waals surface area contributed by atoms with E-state index in [-0.39, 0.29) is 5.97 Å². The van der Waals surface area contributed by atoms with Crippen LogP contribution in [-0.4, -0.2) is 40.5 Å². The average Bonchev–Trinajstić information content (AvgIpc) is 2.04. The van der Waals surface area contributed by atoms with Gasteiger partial charge in [-0.05, 0) is 13.3 Å². The zero-order valence-electron chi connectivity index (χ0n) is 7.58. The van der Waals surface area contributed by atoms with Gasteiger partial charge >= 0.3 is 5.97 Å². The van der Waals surface area contributed by atoms with Crippen molar-refractivity contribution >= 4 is 22.8 Å². The van der Waals surface area contributed by atoms with E-state index in [2.05, 4.69) is 0 Å². The SMILES string of the molecule is CCOC(=O)CCCN([SiH3])C=O. The molecule has 1 amide bonds. The maximum absolute atomic E-state index is 10.8. The third-order valence-electron chi connectivity index (χ3n) is 1.38. The van der Waals surface area contributed by atoms with Crippen LogP contribution >= 0.6 is 0 Å². The second-order valence-corrected chi connectivity index (χ2v) is 3.64. The lowest BCUT2D eigenvalue weighted by atomic mass is 10.3. The summed E-state index contributed by atoms with van der Waals surface area (Å²) in [5.74, 6) is -0.182. The van der Waals surface area contributed by atoms with E-state index in [0.29, 0.717) is 36.4 Å². The van der Waals surface area contributed by atoms with Gasteiger partial charge in [0.25, 0.3) is 0 Å². The van der Waals surface area contributed by atoms with Gasteiger partial charge in [-0.25, -0.2) is 0 Å². The zero-order valence-corrected chi connectivity index (χ0v) is 9.58. The summed E-state index contributed by atoms with van der Waals surface area (Å²) < 4.78 is 6.36. The van der Waals surface area contributed by atoms with Crippen molar-refractivity contribution in [2.24, 2.45) is 0 Å². The number of ether oxygens (including phenoxy) is 1. The molecule has 0 aromatic heterocycles. The third kappa shape index (κ3) is 5.91. The second kappa shape index (κ2) is 6.84. The smallest absolute Gasteiger partial charge is 0.305 e. The highest BCUT2D eigenvalue weighted by atomic mass is 28.2. The molecule has 12 heavy (non-hydrogen) atoms. The minimum atomic E-state index is -0.182. The molecular formula is C7H15NO3Si. The van der Waals surface area contributed by atoms with Crippen LogP contribution in [0.15, 0.2) is 0 Å². The first kappa shape index (κ1) is 11.2. The number of nitrogens with zero attached hydrogens (tertiary/aromatic N) is 1. The molecule has 0 N–H and O–H groups in total. The Balaban J connectivity index is 3.30. The Morgan fingerprint density at radius 2 is 2.33 bits per heavy atom. The van der Waals surface area contributed by atoms with Crippen LogP contribution in [-0.2, 0) is 14.3 Å². The molecule has 70 valence electrons. The zero-order chi connectivity index (χ0) is 9.40. The fourth-order valence-corrected chi connectivity index (χ4v) is 1.07. The molecule has 0 fully saturated rings. The largest absolute Gasteiger partial charge is 0.466 e. The molecule has 4 nitrogen and oxygen atoms in total. The first-order valence-electron chi connectivity index (χ1n) is 4.01. The molecule has 0 rings (SSSR count). The molecule has 0 heterocycles. The predicted octanol–water partition coefficient (Wildman–Crippen LogP) is -0.932. The Morgan fingerprint density at radius 3 is 2.83 bits per heavy atom. The number of carbonyl (C=O) groups excluding carboxylic acids is 2. The van der Waals surface area contributed by atoms with Gasteiger partial charge in [0.15, 0.2) is 0 Å². The van der Waals surface area contributed by atoms with Crippen LogP contribution in [0.1, 0.15) is 19.8 Å². The van der Waals surface area contributed by atoms with E-state index in [0.717, 1.165) is 6.41 Å². The average molecular weight is 189 g/mol. The summed E-state index contributed by atoms with van der Waals surface area (Å²) in [6, 6.07) is 0. The molecule has 0 bridgehead atoms. The second-order valence-electron chi connectivity index (χ2n) is 2.49. The minimum absolute atomic E-state index is 0.182. The van der Waals surface area contributed by atoms with Crippen LogP contribution in [0.2, 0.25) is 0 Å². The number of hydrogen-bond donors (Lipinski definition) is 0. The molecule has 0 atom stereocenters. The molecule has 0 aliphatic carbocycles. The summed E-state index contributed by atoms with van der Waals surface area (Å²) in [5, 5.41) is 0. The molecular weight excluding hydrogens is 174 g/mol. The lowest BCUT2D eigenvalue weighted by Crippen LogP contribution is -2.20. The molecule has 0 saturated carbocycles. The summed E-state index contributed by atoms with van der Waals surface area (Å²) in [7, 11) is 0.716. The van der Waals surface area contributed by atoms with Gasteiger partial charge in [0.2, 0.25) is 6.41 Å². The van der Waals surface area contributed by atoms with E-state index in [4.69, 9.17) is 4.74 Å². The quantitative estimate of drug-likeness (QED) is 0.308. The Bertz CT molecular complexity index is 152. The highest BCUT2D eigenvalue weighted by Crippen LogP contribution is 1.93. The highest BCUT2D eigenvalue weighted by Gasteiger charge is 2.01. The summed E-state index contributed by atoms with van der Waals surface area (Å²) >= 11 is 0. The molecule has 0 aromatic rings. The van der Waals surface area contributed by atoms with Gasteiger partial charge in [-0.15, -0.1) is 0 Å². The van der Waals surface area contributed by atoms with Gasteiger partial charge < -0.3 is 9.30 Å². The molecule has 0 aliphatic rings. The third-order valence-corrected chi connectivity index (χ3v) is 2.04. The van der Waals surface area contributed by atoms with Gasteiger partial charge in [0, 0.05) is 13.0 Å². The van der Waals surface area contributed by atoms with E-state index in [9.17, 15) is 9.59 Å². The predicted molar refractivity (Wildman–Crippen MR) is 48.6 cm³/mol. The van der Waals surface area contributed by atoms with Crippen LogP contribution in [0.5, 0.6) is 0 Å². The van der Waals surface area contributed by atoms with Crippen molar-refractivity contribution in [1.29, 1.82) is 0 Å². The van der Waals surface area contributed by atoms with Crippen LogP contribution in [0.4, 0.5) is 0 Å². The summed E-state index contributed by atoms with van der Waals surface area (Å²) in [4.78, 5) is 20.9. The van der Waals surface area contributed by atoms with Gasteiger partial charge in [-0.2, -0.15) is 0 Å². The van der Waals surface area contributed by atoms with Crippen molar-refractivity contribution in [3.63, 3.8) is 0 Å². The lowest BCUT2D eigenvalue weighted by molar-refractivity contribution is -0.143. The molecule has 0 aromatic carbocycles. The van der Waals surface area contributed by atoms with Crippen molar-refractivity contribution in [2.75, 3.05) is 13.2 Å². The van der Waals surface area contributed by atoms with Crippen molar-refractivity contribution in [1.82, 2.24) is 4.57 Å². The molecule has 0 unspecified atom stereocenters. The highest BCUT2D eigenvalue weighted by molar-refractivity contribution is 6.10. The topological polar surface area (TPSA) is 46.6 Å². The Hall–Kier alpha value is -0.843. The summed E-state index contributed by atoms with van der Waals surface area (Å²) in [6.45, 7) is 2.87. The molecule has 0 saturated heterocycles. The van der Waals surface area contributed by atoms with Crippen LogP contribution in [0.25, 0.3) is 0 Å². The van der Waals surface area contributed by atoms with Crippen molar-refractivity contribution in [3.8, 4) is 0 Å². The number of esters is 1. The van der Waals surface area contributed by atoms with Gasteiger partial charge in [0.05, 0.1) is 6.61 Å². The van der Waals surface area contributed by atoms with E-state index in [1.807, 2.05) is 0 Å². The van der Waals surface area contributed by atoms with E-state index in [1.54, 1.807) is 11.5 Å². The number of hydrogen-bond acceptors (Lipinski definition) is 3. The number of carbonyl (C=O) groups is 2. The Morgan fingerprint density at radius 1 is 1.67 bits per heavy atom. The van der Waals surface area contributed by atoms with Crippen molar-refractivity contribution < 1.29 is 14.3 Å². The molecule has 0 aliphatic heterocycles. The van der Waals surface area contributed by atoms with Crippen LogP contribution in [0, 0.1) is 0 Å². The van der Waals surface area contributed by atoms with Gasteiger partial charge in [0.1, 0.15) is 10.4 Å². The van der Waals surface area contributed by atoms with Crippen molar-refractivity contribution in [3.05, 3.63) is 0 Å². The normalized spacial score (nSPS) is 9.42. The molecule has 0 spiro atoms.